The van der Waals surface area contributed by atoms with Gasteiger partial charge in [-0.3, -0.25) is 9.47 Å². The van der Waals surface area contributed by atoms with Crippen molar-refractivity contribution in [2.45, 2.75) is 13.0 Å². The number of morpholine rings is 1. The third kappa shape index (κ3) is 4.69. The number of ether oxygens (including phenoxy) is 2. The minimum Gasteiger partial charge on any atom is -0.493 e. The Balaban J connectivity index is 2.05. The number of alkyl halides is 3. The third-order valence-electron chi connectivity index (χ3n) is 4.11. The van der Waals surface area contributed by atoms with E-state index in [0.717, 1.165) is 6.07 Å². The van der Waals surface area contributed by atoms with Gasteiger partial charge in [0.15, 0.2) is 5.69 Å². The van der Waals surface area contributed by atoms with Crippen molar-refractivity contribution in [2.75, 3.05) is 33.4 Å². The molecule has 1 fully saturated rings. The summed E-state index contributed by atoms with van der Waals surface area (Å²) in [5.41, 5.74) is 0.497. The fourth-order valence-corrected chi connectivity index (χ4v) is 2.87. The van der Waals surface area contributed by atoms with Gasteiger partial charge >= 0.3 is 6.36 Å². The smallest absolute Gasteiger partial charge is 0.493 e. The molecule has 1 saturated heterocycles. The maximum absolute atomic E-state index is 12.6. The Morgan fingerprint density at radius 1 is 1.36 bits per heavy atom. The molecule has 28 heavy (non-hydrogen) atoms. The van der Waals surface area contributed by atoms with Crippen molar-refractivity contribution in [3.63, 3.8) is 0 Å². The summed E-state index contributed by atoms with van der Waals surface area (Å²) in [4.78, 5) is 2.04. The van der Waals surface area contributed by atoms with Crippen molar-refractivity contribution in [3.05, 3.63) is 18.2 Å². The second-order valence-corrected chi connectivity index (χ2v) is 6.34. The molecule has 2 N–H and O–H groups in total. The van der Waals surface area contributed by atoms with Crippen LogP contribution in [0, 0.1) is 0 Å². The Morgan fingerprint density at radius 3 is 2.71 bits per heavy atom. The van der Waals surface area contributed by atoms with E-state index in [0.29, 0.717) is 38.5 Å². The molecule has 3 rings (SSSR count). The van der Waals surface area contributed by atoms with Crippen molar-refractivity contribution in [3.8, 4) is 11.6 Å². The van der Waals surface area contributed by atoms with E-state index < -0.39 is 12.1 Å². The van der Waals surface area contributed by atoms with Crippen molar-refractivity contribution in [1.29, 1.82) is 0 Å². The highest BCUT2D eigenvalue weighted by Gasteiger charge is 2.31. The Labute approximate surface area is 163 Å². The van der Waals surface area contributed by atoms with Gasteiger partial charge in [-0.05, 0) is 30.4 Å². The number of rotatable bonds is 4. The molecule has 0 amide bonds. The number of nitrogens with zero attached hydrogens (tertiary/aromatic N) is 4. The number of aromatic hydroxyl groups is 1. The maximum Gasteiger partial charge on any atom is 0.573 e. The zero-order valence-electron chi connectivity index (χ0n) is 14.9. The molecule has 1 aliphatic heterocycles. The normalized spacial score (nSPS) is 16.0. The molecule has 0 atom stereocenters. The minimum absolute atomic E-state index is 0.00786. The van der Waals surface area contributed by atoms with Crippen LogP contribution in [-0.2, 0) is 11.4 Å². The quantitative estimate of drug-likeness (QED) is 0.588. The van der Waals surface area contributed by atoms with Crippen LogP contribution in [0.5, 0.6) is 11.6 Å². The number of hydrogen-bond acceptors (Lipinski definition) is 6. The van der Waals surface area contributed by atoms with E-state index in [1.54, 1.807) is 11.6 Å². The van der Waals surface area contributed by atoms with Gasteiger partial charge in [-0.2, -0.15) is 0 Å². The lowest BCUT2D eigenvalue weighted by Gasteiger charge is -2.27. The Morgan fingerprint density at radius 2 is 2.07 bits per heavy atom. The van der Waals surface area contributed by atoms with Crippen molar-refractivity contribution < 1.29 is 27.8 Å². The molecule has 1 aliphatic rings. The van der Waals surface area contributed by atoms with Crippen LogP contribution in [0.3, 0.4) is 0 Å². The van der Waals surface area contributed by atoms with Crippen molar-refractivity contribution in [2.24, 2.45) is 10.2 Å². The molecule has 1 aromatic carbocycles. The van der Waals surface area contributed by atoms with Crippen molar-refractivity contribution >= 4 is 33.9 Å². The zero-order valence-corrected chi connectivity index (χ0v) is 15.7. The van der Waals surface area contributed by atoms with Gasteiger partial charge in [0.1, 0.15) is 5.75 Å². The molecule has 8 nitrogen and oxygen atoms in total. The molecule has 0 saturated carbocycles. The van der Waals surface area contributed by atoms with Gasteiger partial charge in [0.05, 0.1) is 25.4 Å². The fraction of sp³-hybridized carbons (Fsp3) is 0.438. The molecular formula is C16H18F3N5O3S. The monoisotopic (exact) mass is 417 g/mol. The zero-order chi connectivity index (χ0) is 20.3. The predicted octanol–water partition coefficient (Wildman–Crippen LogP) is 3.12. The van der Waals surface area contributed by atoms with E-state index in [2.05, 4.69) is 20.3 Å². The van der Waals surface area contributed by atoms with Crippen LogP contribution in [0.2, 0.25) is 0 Å². The summed E-state index contributed by atoms with van der Waals surface area (Å²) in [6.07, 6.45) is -4.83. The van der Waals surface area contributed by atoms with Crippen molar-refractivity contribution in [1.82, 2.24) is 14.8 Å². The average molecular weight is 417 g/mol. The lowest BCUT2D eigenvalue weighted by molar-refractivity contribution is -0.274. The lowest BCUT2D eigenvalue weighted by Crippen LogP contribution is -2.37. The second kappa shape index (κ2) is 8.29. The van der Waals surface area contributed by atoms with E-state index in [-0.39, 0.29) is 22.1 Å². The average Bonchev–Trinajstić information content (AvgIpc) is 2.90. The molecule has 0 aliphatic carbocycles. The first kappa shape index (κ1) is 20.3. The first-order valence-corrected chi connectivity index (χ1v) is 8.74. The lowest BCUT2D eigenvalue weighted by atomic mass is 10.2. The van der Waals surface area contributed by atoms with Gasteiger partial charge in [0.25, 0.3) is 0 Å². The van der Waals surface area contributed by atoms with Crippen LogP contribution in [0.4, 0.5) is 18.9 Å². The number of thiocarbonyl (C=S) groups is 1. The molecule has 0 unspecified atom stereocenters. The van der Waals surface area contributed by atoms with Gasteiger partial charge in [-0.1, -0.05) is 0 Å². The molecule has 12 heteroatoms. The van der Waals surface area contributed by atoms with Crippen LogP contribution in [-0.4, -0.2) is 59.4 Å². The van der Waals surface area contributed by atoms with Gasteiger partial charge < -0.3 is 19.9 Å². The SMILES string of the molecule is CNC(=S)N=Nc1c(O)n(CN2CCOCC2)c2ccc(OC(F)(F)F)cc12. The van der Waals surface area contributed by atoms with Crippen LogP contribution < -0.4 is 10.1 Å². The molecule has 0 bridgehead atoms. The summed E-state index contributed by atoms with van der Waals surface area (Å²) < 4.78 is 48.6. The minimum atomic E-state index is -4.83. The highest BCUT2D eigenvalue weighted by atomic mass is 32.1. The fourth-order valence-electron chi connectivity index (χ4n) is 2.83. The van der Waals surface area contributed by atoms with Crippen LogP contribution in [0.1, 0.15) is 0 Å². The number of benzene rings is 1. The maximum atomic E-state index is 12.6. The Hall–Kier alpha value is -2.44. The standard InChI is InChI=1S/C16H18F3N5O3S/c1-20-15(28)22-21-13-11-8-10(27-16(17,18)19)2-3-12(11)24(14(13)25)9-23-4-6-26-7-5-23/h2-3,8,25H,4-7,9H2,1H3,(H,20,28). The molecule has 152 valence electrons. The summed E-state index contributed by atoms with van der Waals surface area (Å²) >= 11 is 4.90. The van der Waals surface area contributed by atoms with E-state index in [1.165, 1.54) is 12.1 Å². The number of azo groups is 1. The number of fused-ring (bicyclic) bond motifs is 1. The van der Waals surface area contributed by atoms with Crippen LogP contribution >= 0.6 is 12.2 Å². The summed E-state index contributed by atoms with van der Waals surface area (Å²) in [6, 6.07) is 3.78. The van der Waals surface area contributed by atoms with E-state index in [1.807, 2.05) is 4.90 Å². The van der Waals surface area contributed by atoms with E-state index in [4.69, 9.17) is 17.0 Å². The first-order valence-electron chi connectivity index (χ1n) is 8.33. The highest BCUT2D eigenvalue weighted by Crippen LogP contribution is 2.41. The largest absolute Gasteiger partial charge is 0.573 e. The summed E-state index contributed by atoms with van der Waals surface area (Å²) in [6.45, 7) is 2.76. The van der Waals surface area contributed by atoms with E-state index >= 15 is 0 Å². The van der Waals surface area contributed by atoms with Gasteiger partial charge in [0, 0.05) is 25.5 Å². The number of aromatic nitrogens is 1. The molecule has 0 spiro atoms. The topological polar surface area (TPSA) is 83.6 Å². The molecule has 0 radical (unpaired) electrons. The summed E-state index contributed by atoms with van der Waals surface area (Å²) in [5, 5.41) is 21.3. The second-order valence-electron chi connectivity index (χ2n) is 5.95. The molecule has 1 aromatic heterocycles. The summed E-state index contributed by atoms with van der Waals surface area (Å²) in [7, 11) is 1.55. The number of halogens is 3. The highest BCUT2D eigenvalue weighted by molar-refractivity contribution is 7.80. The summed E-state index contributed by atoms with van der Waals surface area (Å²) in [5.74, 6) is -0.649. The first-order chi connectivity index (χ1) is 13.3. The molecular weight excluding hydrogens is 399 g/mol. The third-order valence-corrected chi connectivity index (χ3v) is 4.40. The number of nitrogens with one attached hydrogen (secondary N) is 1. The van der Waals surface area contributed by atoms with E-state index in [9.17, 15) is 18.3 Å². The van der Waals surface area contributed by atoms with Gasteiger partial charge in [-0.25, -0.2) is 0 Å². The molecule has 2 aromatic rings. The predicted molar refractivity (Wildman–Crippen MR) is 98.9 cm³/mol. The molecule has 2 heterocycles. The van der Waals surface area contributed by atoms with Gasteiger partial charge in [0.2, 0.25) is 11.0 Å². The Bertz CT molecular complexity index is 894. The Kier molecular flexibility index (Phi) is 6.01. The van der Waals surface area contributed by atoms with Gasteiger partial charge in [-0.15, -0.1) is 23.4 Å². The van der Waals surface area contributed by atoms with Crippen LogP contribution in [0.25, 0.3) is 10.9 Å². The van der Waals surface area contributed by atoms with Crippen LogP contribution in [0.15, 0.2) is 28.4 Å². The number of hydrogen-bond donors (Lipinski definition) is 2.